The molecule has 5 rings (SSSR count). The van der Waals surface area contributed by atoms with E-state index in [2.05, 4.69) is 23.1 Å². The van der Waals surface area contributed by atoms with Crippen LogP contribution in [0.3, 0.4) is 0 Å². The summed E-state index contributed by atoms with van der Waals surface area (Å²) in [5.41, 5.74) is 3.33. The summed E-state index contributed by atoms with van der Waals surface area (Å²) in [4.78, 5) is 15.2. The third-order valence-electron chi connectivity index (χ3n) is 7.25. The molecule has 2 saturated carbocycles. The molecule has 3 heteroatoms. The molecule has 3 nitrogen and oxygen atoms in total. The minimum Gasteiger partial charge on any atom is -0.497 e. The van der Waals surface area contributed by atoms with E-state index < -0.39 is 0 Å². The van der Waals surface area contributed by atoms with Crippen LogP contribution in [-0.4, -0.2) is 30.5 Å². The number of piperidine rings is 1. The molecule has 3 aliphatic carbocycles. The lowest BCUT2D eigenvalue weighted by Gasteiger charge is -2.59. The van der Waals surface area contributed by atoms with Crippen LogP contribution in [0.5, 0.6) is 5.75 Å². The summed E-state index contributed by atoms with van der Waals surface area (Å²) < 4.78 is 5.48. The first-order chi connectivity index (χ1) is 11.7. The third-order valence-corrected chi connectivity index (χ3v) is 7.25. The number of likely N-dealkylation sites (tertiary alicyclic amines) is 1. The minimum atomic E-state index is 0.323. The van der Waals surface area contributed by atoms with Gasteiger partial charge < -0.3 is 9.64 Å². The minimum absolute atomic E-state index is 0.323. The maximum absolute atomic E-state index is 12.9. The molecule has 0 spiro atoms. The van der Waals surface area contributed by atoms with Gasteiger partial charge in [0.05, 0.1) is 7.11 Å². The van der Waals surface area contributed by atoms with Gasteiger partial charge in [-0.2, -0.15) is 0 Å². The van der Waals surface area contributed by atoms with Crippen molar-refractivity contribution in [1.82, 2.24) is 4.90 Å². The Labute approximate surface area is 144 Å². The number of methoxy groups -OCH3 is 1. The second-order valence-corrected chi connectivity index (χ2v) is 8.36. The molecule has 1 aromatic rings. The Morgan fingerprint density at radius 3 is 2.88 bits per heavy atom. The van der Waals surface area contributed by atoms with Crippen molar-refractivity contribution >= 4 is 5.91 Å². The van der Waals surface area contributed by atoms with E-state index in [0.29, 0.717) is 29.2 Å². The number of benzene rings is 1. The molecule has 0 unspecified atom stereocenters. The molecule has 0 aromatic heterocycles. The highest BCUT2D eigenvalue weighted by molar-refractivity contribution is 5.81. The van der Waals surface area contributed by atoms with E-state index in [4.69, 9.17) is 4.74 Å². The molecule has 3 fully saturated rings. The van der Waals surface area contributed by atoms with Crippen LogP contribution in [0.1, 0.15) is 56.1 Å². The van der Waals surface area contributed by atoms with Gasteiger partial charge in [0.15, 0.2) is 0 Å². The van der Waals surface area contributed by atoms with E-state index >= 15 is 0 Å². The van der Waals surface area contributed by atoms with Crippen LogP contribution in [-0.2, 0) is 16.6 Å². The zero-order valence-electron chi connectivity index (χ0n) is 14.6. The molecular formula is C21H27NO2. The number of rotatable bonds is 2. The lowest BCUT2D eigenvalue weighted by Crippen LogP contribution is -2.62. The molecule has 4 aliphatic rings. The maximum Gasteiger partial charge on any atom is 0.225 e. The fourth-order valence-electron chi connectivity index (χ4n) is 5.98. The van der Waals surface area contributed by atoms with Gasteiger partial charge in [-0.25, -0.2) is 0 Å². The zero-order valence-corrected chi connectivity index (χ0v) is 14.6. The standard InChI is InChI=1S/C21H27NO2/c1-24-16-7-8-17-15(12-16)13-19-18-4-2-3-9-21(17,18)10-11-22(19)20(23)14-5-6-14/h7-8,12,14,18-19H,2-6,9-11,13H2,1H3/t18-,19+,21-/m0/s1. The van der Waals surface area contributed by atoms with Crippen LogP contribution in [0.2, 0.25) is 0 Å². The van der Waals surface area contributed by atoms with E-state index in [1.54, 1.807) is 12.7 Å². The summed E-state index contributed by atoms with van der Waals surface area (Å²) in [5, 5.41) is 0. The summed E-state index contributed by atoms with van der Waals surface area (Å²) in [6.45, 7) is 0.974. The number of fused-ring (bicyclic) bond motifs is 1. The van der Waals surface area contributed by atoms with Crippen molar-refractivity contribution in [3.05, 3.63) is 29.3 Å². The van der Waals surface area contributed by atoms with Gasteiger partial charge in [0.1, 0.15) is 5.75 Å². The molecule has 1 aromatic carbocycles. The van der Waals surface area contributed by atoms with E-state index in [1.807, 2.05) is 0 Å². The van der Waals surface area contributed by atoms with Crippen LogP contribution in [0, 0.1) is 11.8 Å². The number of carbonyl (C=O) groups is 1. The van der Waals surface area contributed by atoms with Crippen LogP contribution in [0.25, 0.3) is 0 Å². The SMILES string of the molecule is COc1ccc2c(c1)C[C@@H]1[C@@H]3CCCC[C@]23CCN1C(=O)C1CC1. The smallest absolute Gasteiger partial charge is 0.225 e. The van der Waals surface area contributed by atoms with Gasteiger partial charge in [-0.3, -0.25) is 4.79 Å². The van der Waals surface area contributed by atoms with Crippen molar-refractivity contribution in [1.29, 1.82) is 0 Å². The van der Waals surface area contributed by atoms with Gasteiger partial charge in [0, 0.05) is 23.9 Å². The first kappa shape index (κ1) is 14.8. The highest BCUT2D eigenvalue weighted by Gasteiger charge is 2.55. The number of ether oxygens (including phenoxy) is 1. The van der Waals surface area contributed by atoms with Crippen molar-refractivity contribution < 1.29 is 9.53 Å². The van der Waals surface area contributed by atoms with Crippen LogP contribution < -0.4 is 4.74 Å². The van der Waals surface area contributed by atoms with E-state index in [9.17, 15) is 4.79 Å². The summed E-state index contributed by atoms with van der Waals surface area (Å²) in [6.07, 6.45) is 9.68. The van der Waals surface area contributed by atoms with Crippen LogP contribution in [0.15, 0.2) is 18.2 Å². The summed E-state index contributed by atoms with van der Waals surface area (Å²) >= 11 is 0. The summed E-state index contributed by atoms with van der Waals surface area (Å²) in [6, 6.07) is 7.13. The molecule has 24 heavy (non-hydrogen) atoms. The second-order valence-electron chi connectivity index (χ2n) is 8.36. The van der Waals surface area contributed by atoms with Gasteiger partial charge in [0.2, 0.25) is 5.91 Å². The molecule has 0 N–H and O–H groups in total. The average Bonchev–Trinajstić information content (AvgIpc) is 3.46. The van der Waals surface area contributed by atoms with Gasteiger partial charge in [-0.1, -0.05) is 18.9 Å². The van der Waals surface area contributed by atoms with Crippen molar-refractivity contribution in [2.75, 3.05) is 13.7 Å². The van der Waals surface area contributed by atoms with Crippen molar-refractivity contribution in [3.8, 4) is 5.75 Å². The first-order valence-electron chi connectivity index (χ1n) is 9.71. The second kappa shape index (κ2) is 5.24. The molecule has 0 radical (unpaired) electrons. The summed E-state index contributed by atoms with van der Waals surface area (Å²) in [5.74, 6) is 2.42. The van der Waals surface area contributed by atoms with Gasteiger partial charge in [0.25, 0.3) is 0 Å². The number of amides is 1. The topological polar surface area (TPSA) is 29.5 Å². The van der Waals surface area contributed by atoms with E-state index in [0.717, 1.165) is 38.0 Å². The number of carbonyl (C=O) groups excluding carboxylic acids is 1. The quantitative estimate of drug-likeness (QED) is 0.830. The normalized spacial score (nSPS) is 34.3. The molecule has 1 amide bonds. The monoisotopic (exact) mass is 325 g/mol. The fraction of sp³-hybridized carbons (Fsp3) is 0.667. The van der Waals surface area contributed by atoms with Gasteiger partial charge in [-0.05, 0) is 67.7 Å². The van der Waals surface area contributed by atoms with E-state index in [-0.39, 0.29) is 0 Å². The van der Waals surface area contributed by atoms with Gasteiger partial charge >= 0.3 is 0 Å². The van der Waals surface area contributed by atoms with Crippen molar-refractivity contribution in [2.45, 2.75) is 62.8 Å². The molecule has 1 saturated heterocycles. The van der Waals surface area contributed by atoms with Crippen LogP contribution in [0.4, 0.5) is 0 Å². The van der Waals surface area contributed by atoms with E-state index in [1.165, 1.54) is 31.2 Å². The van der Waals surface area contributed by atoms with Crippen molar-refractivity contribution in [2.24, 2.45) is 11.8 Å². The molecular weight excluding hydrogens is 298 g/mol. The molecule has 1 heterocycles. The lowest BCUT2D eigenvalue weighted by atomic mass is 9.52. The average molecular weight is 325 g/mol. The van der Waals surface area contributed by atoms with Gasteiger partial charge in [-0.15, -0.1) is 0 Å². The first-order valence-corrected chi connectivity index (χ1v) is 9.71. The Bertz CT molecular complexity index is 680. The molecule has 3 atom stereocenters. The zero-order chi connectivity index (χ0) is 16.3. The highest BCUT2D eigenvalue weighted by Crippen LogP contribution is 2.56. The summed E-state index contributed by atoms with van der Waals surface area (Å²) in [7, 11) is 1.75. The Morgan fingerprint density at radius 2 is 2.08 bits per heavy atom. The molecule has 1 aliphatic heterocycles. The number of hydrogen-bond acceptors (Lipinski definition) is 2. The maximum atomic E-state index is 12.9. The third kappa shape index (κ3) is 1.99. The molecule has 2 bridgehead atoms. The largest absolute Gasteiger partial charge is 0.497 e. The highest BCUT2D eigenvalue weighted by atomic mass is 16.5. The number of nitrogens with zero attached hydrogens (tertiary/aromatic N) is 1. The Balaban J connectivity index is 1.59. The number of hydrogen-bond donors (Lipinski definition) is 0. The van der Waals surface area contributed by atoms with Crippen molar-refractivity contribution in [3.63, 3.8) is 0 Å². The molecule has 128 valence electrons. The Morgan fingerprint density at radius 1 is 1.21 bits per heavy atom. The predicted molar refractivity (Wildman–Crippen MR) is 93.2 cm³/mol. The lowest BCUT2D eigenvalue weighted by molar-refractivity contribution is -0.142. The fourth-order valence-corrected chi connectivity index (χ4v) is 5.98. The predicted octanol–water partition coefficient (Wildman–Crippen LogP) is 3.69. The Kier molecular flexibility index (Phi) is 3.23. The van der Waals surface area contributed by atoms with Crippen LogP contribution >= 0.6 is 0 Å². The Hall–Kier alpha value is -1.51.